The maximum Gasteiger partial charge on any atom is 0.315 e. The van der Waals surface area contributed by atoms with Crippen molar-refractivity contribution in [2.24, 2.45) is 0 Å². The maximum absolute atomic E-state index is 12.0. The van der Waals surface area contributed by atoms with E-state index in [1.165, 1.54) is 16.8 Å². The highest BCUT2D eigenvalue weighted by Gasteiger charge is 2.25. The zero-order valence-electron chi connectivity index (χ0n) is 14.3. The van der Waals surface area contributed by atoms with Crippen LogP contribution in [-0.4, -0.2) is 22.4 Å². The molecule has 0 aliphatic heterocycles. The highest BCUT2D eigenvalue weighted by Crippen LogP contribution is 2.29. The summed E-state index contributed by atoms with van der Waals surface area (Å²) in [7, 11) is 0. The van der Waals surface area contributed by atoms with Crippen LogP contribution >= 0.6 is 0 Å². The van der Waals surface area contributed by atoms with Gasteiger partial charge in [0.25, 0.3) is 0 Å². The molecule has 128 valence electrons. The summed E-state index contributed by atoms with van der Waals surface area (Å²) < 4.78 is 2.08. The summed E-state index contributed by atoms with van der Waals surface area (Å²) in [5, 5.41) is 10.6. The Balaban J connectivity index is 1.67. The van der Waals surface area contributed by atoms with Crippen molar-refractivity contribution in [3.8, 4) is 0 Å². The van der Waals surface area contributed by atoms with Gasteiger partial charge in [0.15, 0.2) is 0 Å². The Kier molecular flexibility index (Phi) is 5.51. The molecule has 1 aromatic carbocycles. The number of urea groups is 1. The molecule has 0 saturated heterocycles. The summed E-state index contributed by atoms with van der Waals surface area (Å²) in [5.74, 6) is 0. The molecule has 1 aliphatic carbocycles. The number of fused-ring (bicyclic) bond motifs is 1. The first-order valence-electron chi connectivity index (χ1n) is 8.90. The first-order valence-corrected chi connectivity index (χ1v) is 8.90. The average molecular weight is 326 g/mol. The fourth-order valence-electron chi connectivity index (χ4n) is 3.25. The first-order chi connectivity index (χ1) is 11.8. The lowest BCUT2D eigenvalue weighted by molar-refractivity contribution is 0.235. The molecule has 1 atom stereocenters. The van der Waals surface area contributed by atoms with Crippen molar-refractivity contribution < 1.29 is 4.79 Å². The van der Waals surface area contributed by atoms with E-state index in [2.05, 4.69) is 51.6 Å². The topological polar surface area (TPSA) is 59.0 Å². The largest absolute Gasteiger partial charge is 0.338 e. The number of amides is 2. The van der Waals surface area contributed by atoms with Crippen LogP contribution in [-0.2, 0) is 13.0 Å². The smallest absolute Gasteiger partial charge is 0.315 e. The molecule has 1 heterocycles. The Labute approximate surface area is 143 Å². The van der Waals surface area contributed by atoms with Gasteiger partial charge in [0, 0.05) is 17.8 Å². The van der Waals surface area contributed by atoms with Crippen LogP contribution in [0.5, 0.6) is 0 Å². The van der Waals surface area contributed by atoms with Crippen molar-refractivity contribution in [1.82, 2.24) is 20.4 Å². The number of hydrogen-bond acceptors (Lipinski definition) is 2. The first kappa shape index (κ1) is 16.6. The highest BCUT2D eigenvalue weighted by atomic mass is 16.2. The predicted octanol–water partition coefficient (Wildman–Crippen LogP) is 3.41. The van der Waals surface area contributed by atoms with Crippen LogP contribution in [0.3, 0.4) is 0 Å². The third-order valence-corrected chi connectivity index (χ3v) is 4.56. The second-order valence-electron chi connectivity index (χ2n) is 6.39. The molecule has 1 aliphatic rings. The van der Waals surface area contributed by atoms with Gasteiger partial charge in [-0.1, -0.05) is 43.7 Å². The van der Waals surface area contributed by atoms with Crippen molar-refractivity contribution in [1.29, 1.82) is 0 Å². The lowest BCUT2D eigenvalue weighted by atomic mass is 9.93. The molecule has 5 heteroatoms. The molecule has 0 saturated carbocycles. The normalized spacial score (nSPS) is 16.5. The van der Waals surface area contributed by atoms with E-state index in [1.807, 2.05) is 12.3 Å². The van der Waals surface area contributed by atoms with Crippen molar-refractivity contribution >= 4 is 6.03 Å². The van der Waals surface area contributed by atoms with Gasteiger partial charge >= 0.3 is 6.03 Å². The van der Waals surface area contributed by atoms with E-state index in [9.17, 15) is 4.79 Å². The van der Waals surface area contributed by atoms with Gasteiger partial charge in [0.1, 0.15) is 0 Å². The second-order valence-corrected chi connectivity index (χ2v) is 6.39. The molecule has 3 rings (SSSR count). The zero-order chi connectivity index (χ0) is 16.8. The Bertz CT molecular complexity index is 665. The molecule has 0 bridgehead atoms. The molecular weight excluding hydrogens is 300 g/mol. The summed E-state index contributed by atoms with van der Waals surface area (Å²) in [6, 6.07) is 10.4. The Morgan fingerprint density at radius 2 is 2.17 bits per heavy atom. The van der Waals surface area contributed by atoms with Crippen LogP contribution in [0.25, 0.3) is 0 Å². The number of benzene rings is 1. The summed E-state index contributed by atoms with van der Waals surface area (Å²) >= 11 is 0. The van der Waals surface area contributed by atoms with Crippen LogP contribution in [0.2, 0.25) is 0 Å². The van der Waals surface area contributed by atoms with E-state index in [4.69, 9.17) is 0 Å². The third-order valence-electron chi connectivity index (χ3n) is 4.56. The van der Waals surface area contributed by atoms with Gasteiger partial charge in [-0.05, 0) is 31.2 Å². The molecule has 1 aromatic heterocycles. The van der Waals surface area contributed by atoms with Gasteiger partial charge in [-0.25, -0.2) is 4.79 Å². The standard InChI is InChI=1S/C19H26N4O/c1-2-3-12-20-19(24)22-17-10-7-11-18-16(17)13-21-23(18)14-15-8-5-4-6-9-15/h4-6,8-9,13,17H,2-3,7,10-12,14H2,1H3,(H2,20,22,24). The molecule has 2 aromatic rings. The predicted molar refractivity (Wildman–Crippen MR) is 94.9 cm³/mol. The van der Waals surface area contributed by atoms with Crippen LogP contribution in [0.15, 0.2) is 36.5 Å². The summed E-state index contributed by atoms with van der Waals surface area (Å²) in [6.45, 7) is 3.63. The Morgan fingerprint density at radius 1 is 1.33 bits per heavy atom. The Hall–Kier alpha value is -2.30. The number of carbonyl (C=O) groups is 1. The molecule has 1 unspecified atom stereocenters. The van der Waals surface area contributed by atoms with Crippen LogP contribution < -0.4 is 10.6 Å². The molecule has 0 fully saturated rings. The SMILES string of the molecule is CCCCNC(=O)NC1CCCc2c1cnn2Cc1ccccc1. The fourth-order valence-corrected chi connectivity index (χ4v) is 3.25. The van der Waals surface area contributed by atoms with Gasteiger partial charge in [-0.15, -0.1) is 0 Å². The van der Waals surface area contributed by atoms with Crippen molar-refractivity contribution in [2.45, 2.75) is 51.6 Å². The summed E-state index contributed by atoms with van der Waals surface area (Å²) in [6.07, 6.45) is 7.10. The molecule has 2 N–H and O–H groups in total. The van der Waals surface area contributed by atoms with Gasteiger partial charge < -0.3 is 10.6 Å². The van der Waals surface area contributed by atoms with E-state index in [0.717, 1.165) is 45.2 Å². The fraction of sp³-hybridized carbons (Fsp3) is 0.474. The second kappa shape index (κ2) is 7.99. The van der Waals surface area contributed by atoms with E-state index >= 15 is 0 Å². The van der Waals surface area contributed by atoms with Crippen molar-refractivity contribution in [3.63, 3.8) is 0 Å². The molecular formula is C19H26N4O. The van der Waals surface area contributed by atoms with Crippen molar-refractivity contribution in [2.75, 3.05) is 6.54 Å². The van der Waals surface area contributed by atoms with E-state index in [0.29, 0.717) is 0 Å². The van der Waals surface area contributed by atoms with Gasteiger partial charge in [0.05, 0.1) is 18.8 Å². The van der Waals surface area contributed by atoms with Crippen molar-refractivity contribution in [3.05, 3.63) is 53.3 Å². The molecule has 24 heavy (non-hydrogen) atoms. The van der Waals surface area contributed by atoms with E-state index < -0.39 is 0 Å². The highest BCUT2D eigenvalue weighted by molar-refractivity contribution is 5.74. The number of nitrogens with zero attached hydrogens (tertiary/aromatic N) is 2. The number of carbonyl (C=O) groups excluding carboxylic acids is 1. The molecule has 2 amide bonds. The molecule has 5 nitrogen and oxygen atoms in total. The van der Waals surface area contributed by atoms with Crippen LogP contribution in [0.1, 0.15) is 55.5 Å². The minimum Gasteiger partial charge on any atom is -0.338 e. The monoisotopic (exact) mass is 326 g/mol. The van der Waals surface area contributed by atoms with E-state index in [-0.39, 0.29) is 12.1 Å². The quantitative estimate of drug-likeness (QED) is 0.799. The summed E-state index contributed by atoms with van der Waals surface area (Å²) in [5.41, 5.74) is 3.67. The molecule has 0 spiro atoms. The lowest BCUT2D eigenvalue weighted by Gasteiger charge is -2.24. The minimum atomic E-state index is -0.0721. The number of nitrogens with one attached hydrogen (secondary N) is 2. The number of hydrogen-bond donors (Lipinski definition) is 2. The van der Waals surface area contributed by atoms with Gasteiger partial charge in [-0.2, -0.15) is 5.10 Å². The Morgan fingerprint density at radius 3 is 2.96 bits per heavy atom. The molecule has 0 radical (unpaired) electrons. The number of unbranched alkanes of at least 4 members (excludes halogenated alkanes) is 1. The number of aromatic nitrogens is 2. The van der Waals surface area contributed by atoms with Crippen LogP contribution in [0.4, 0.5) is 4.79 Å². The van der Waals surface area contributed by atoms with E-state index in [1.54, 1.807) is 0 Å². The van der Waals surface area contributed by atoms with Gasteiger partial charge in [-0.3, -0.25) is 4.68 Å². The third kappa shape index (κ3) is 3.96. The lowest BCUT2D eigenvalue weighted by Crippen LogP contribution is -2.39. The summed E-state index contributed by atoms with van der Waals surface area (Å²) in [4.78, 5) is 12.0. The van der Waals surface area contributed by atoms with Gasteiger partial charge in [0.2, 0.25) is 0 Å². The van der Waals surface area contributed by atoms with Crippen LogP contribution in [0, 0.1) is 0 Å². The number of rotatable bonds is 6. The minimum absolute atomic E-state index is 0.0694. The average Bonchev–Trinajstić information content (AvgIpc) is 3.00. The maximum atomic E-state index is 12.0. The zero-order valence-corrected chi connectivity index (χ0v) is 14.3.